The quantitative estimate of drug-likeness (QED) is 0.849. The number of rotatable bonds is 1. The number of imidazole rings is 1. The van der Waals surface area contributed by atoms with Gasteiger partial charge in [-0.05, 0) is 0 Å². The summed E-state index contributed by atoms with van der Waals surface area (Å²) in [5.41, 5.74) is 1.12. The molecule has 0 amide bonds. The first-order chi connectivity index (χ1) is 5.47. The average molecular weight is 336 g/mol. The normalized spacial score (nSPS) is 9.00. The van der Waals surface area contributed by atoms with Gasteiger partial charge in [0, 0.05) is 18.0 Å². The van der Waals surface area contributed by atoms with E-state index in [-0.39, 0.29) is 20.1 Å². The van der Waals surface area contributed by atoms with Gasteiger partial charge in [0.1, 0.15) is 5.82 Å². The van der Waals surface area contributed by atoms with E-state index in [4.69, 9.17) is 0 Å². The van der Waals surface area contributed by atoms with E-state index in [1.165, 1.54) is 0 Å². The third-order valence-electron chi connectivity index (χ3n) is 1.55. The number of H-pyrrole nitrogens is 1. The minimum absolute atomic E-state index is 0. The van der Waals surface area contributed by atoms with Crippen molar-refractivity contribution >= 4 is 0 Å². The first kappa shape index (κ1) is 9.17. The Labute approximate surface area is 84.4 Å². The predicted octanol–water partition coefficient (Wildman–Crippen LogP) is 2.07. The molecule has 1 heterocycles. The van der Waals surface area contributed by atoms with Crippen LogP contribution in [0.1, 0.15) is 0 Å². The van der Waals surface area contributed by atoms with Crippen LogP contribution in [0.15, 0.2) is 42.7 Å². The summed E-state index contributed by atoms with van der Waals surface area (Å²) < 4.78 is 0. The second-order valence-corrected chi connectivity index (χ2v) is 2.30. The second-order valence-electron chi connectivity index (χ2n) is 2.30. The third-order valence-corrected chi connectivity index (χ3v) is 1.55. The molecule has 1 aromatic carbocycles. The predicted molar refractivity (Wildman–Crippen MR) is 44.0 cm³/mol. The van der Waals surface area contributed by atoms with Crippen LogP contribution in [0.25, 0.3) is 11.4 Å². The van der Waals surface area contributed by atoms with Crippen LogP contribution in [0.5, 0.6) is 0 Å². The Hall–Kier alpha value is -0.921. The van der Waals surface area contributed by atoms with E-state index in [0.717, 1.165) is 11.4 Å². The summed E-state index contributed by atoms with van der Waals surface area (Å²) in [4.78, 5) is 7.17. The Morgan fingerprint density at radius 3 is 2.42 bits per heavy atom. The van der Waals surface area contributed by atoms with Crippen LogP contribution >= 0.6 is 0 Å². The molecule has 0 bridgehead atoms. The average Bonchev–Trinajstić information content (AvgIpc) is 2.58. The minimum atomic E-state index is 0. The summed E-state index contributed by atoms with van der Waals surface area (Å²) in [6.07, 6.45) is 3.57. The molecule has 0 saturated heterocycles. The van der Waals surface area contributed by atoms with E-state index in [9.17, 15) is 0 Å². The van der Waals surface area contributed by atoms with E-state index in [2.05, 4.69) is 9.97 Å². The molecule has 0 aliphatic rings. The SMILES string of the molecule is [Ir+3].c1ccc(-c2ncc[nH]2)cc1. The Kier molecular flexibility index (Phi) is 3.20. The molecule has 60 valence electrons. The monoisotopic (exact) mass is 337 g/mol. The van der Waals surface area contributed by atoms with Crippen LogP contribution in [0, 0.1) is 0 Å². The topological polar surface area (TPSA) is 28.7 Å². The maximum absolute atomic E-state index is 4.13. The summed E-state index contributed by atoms with van der Waals surface area (Å²) in [7, 11) is 0. The maximum atomic E-state index is 4.13. The molecule has 2 nitrogen and oxygen atoms in total. The first-order valence-electron chi connectivity index (χ1n) is 3.51. The summed E-state index contributed by atoms with van der Waals surface area (Å²) >= 11 is 0. The molecular formula is C9H8IrN2+3. The number of nitrogens with zero attached hydrogens (tertiary/aromatic N) is 1. The minimum Gasteiger partial charge on any atom is -0.345 e. The van der Waals surface area contributed by atoms with Gasteiger partial charge >= 0.3 is 20.1 Å². The summed E-state index contributed by atoms with van der Waals surface area (Å²) in [5, 5.41) is 0. The second kappa shape index (κ2) is 4.19. The van der Waals surface area contributed by atoms with E-state index < -0.39 is 0 Å². The van der Waals surface area contributed by atoms with Crippen molar-refractivity contribution in [2.75, 3.05) is 0 Å². The van der Waals surface area contributed by atoms with Crippen LogP contribution in [0.2, 0.25) is 0 Å². The van der Waals surface area contributed by atoms with Crippen LogP contribution in [0.4, 0.5) is 0 Å². The molecule has 0 atom stereocenters. The van der Waals surface area contributed by atoms with Gasteiger partial charge in [-0.3, -0.25) is 0 Å². The zero-order valence-electron chi connectivity index (χ0n) is 6.32. The molecule has 0 unspecified atom stereocenters. The molecule has 0 aliphatic heterocycles. The van der Waals surface area contributed by atoms with Crippen LogP contribution < -0.4 is 0 Å². The Bertz CT molecular complexity index is 316. The van der Waals surface area contributed by atoms with Crippen molar-refractivity contribution < 1.29 is 20.1 Å². The van der Waals surface area contributed by atoms with Gasteiger partial charge in [0.15, 0.2) is 0 Å². The Morgan fingerprint density at radius 1 is 1.08 bits per heavy atom. The third kappa shape index (κ3) is 1.81. The molecule has 3 heteroatoms. The number of hydrogen-bond acceptors (Lipinski definition) is 1. The van der Waals surface area contributed by atoms with Gasteiger partial charge in [-0.15, -0.1) is 0 Å². The Balaban J connectivity index is 0.000000720. The fourth-order valence-electron chi connectivity index (χ4n) is 1.02. The van der Waals surface area contributed by atoms with Gasteiger partial charge in [-0.25, -0.2) is 4.98 Å². The molecule has 1 N–H and O–H groups in total. The van der Waals surface area contributed by atoms with E-state index >= 15 is 0 Å². The summed E-state index contributed by atoms with van der Waals surface area (Å²) in [6.45, 7) is 0. The standard InChI is InChI=1S/C9H8N2.Ir/c1-2-4-8(5-3-1)9-10-6-7-11-9;/h1-7H,(H,10,11);/q;+3. The molecule has 1 aromatic heterocycles. The van der Waals surface area contributed by atoms with Gasteiger partial charge in [0.05, 0.1) is 0 Å². The van der Waals surface area contributed by atoms with E-state index in [1.807, 2.05) is 36.5 Å². The van der Waals surface area contributed by atoms with Gasteiger partial charge in [0.25, 0.3) is 0 Å². The summed E-state index contributed by atoms with van der Waals surface area (Å²) in [6, 6.07) is 10.0. The molecule has 0 fully saturated rings. The largest absolute Gasteiger partial charge is 3.00 e. The molecule has 0 spiro atoms. The molecular weight excluding hydrogens is 328 g/mol. The number of nitrogens with one attached hydrogen (secondary N) is 1. The smallest absolute Gasteiger partial charge is 0.345 e. The van der Waals surface area contributed by atoms with Crippen molar-refractivity contribution in [1.29, 1.82) is 0 Å². The van der Waals surface area contributed by atoms with Gasteiger partial charge in [0.2, 0.25) is 0 Å². The molecule has 12 heavy (non-hydrogen) atoms. The Morgan fingerprint density at radius 2 is 1.83 bits per heavy atom. The van der Waals surface area contributed by atoms with E-state index in [1.54, 1.807) is 6.20 Å². The molecule has 2 aromatic rings. The van der Waals surface area contributed by atoms with Crippen molar-refractivity contribution in [2.45, 2.75) is 0 Å². The van der Waals surface area contributed by atoms with Gasteiger partial charge < -0.3 is 4.98 Å². The number of aromatic amines is 1. The fraction of sp³-hybridized carbons (Fsp3) is 0. The molecule has 2 rings (SSSR count). The van der Waals surface area contributed by atoms with Crippen molar-refractivity contribution in [2.24, 2.45) is 0 Å². The first-order valence-corrected chi connectivity index (χ1v) is 3.51. The molecule has 0 saturated carbocycles. The van der Waals surface area contributed by atoms with Crippen molar-refractivity contribution in [1.82, 2.24) is 9.97 Å². The van der Waals surface area contributed by atoms with Crippen LogP contribution in [-0.2, 0) is 20.1 Å². The fourth-order valence-corrected chi connectivity index (χ4v) is 1.02. The van der Waals surface area contributed by atoms with Crippen molar-refractivity contribution in [3.63, 3.8) is 0 Å². The van der Waals surface area contributed by atoms with Crippen LogP contribution in [0.3, 0.4) is 0 Å². The maximum Gasteiger partial charge on any atom is 3.00 e. The number of benzene rings is 1. The van der Waals surface area contributed by atoms with Crippen molar-refractivity contribution in [3.8, 4) is 11.4 Å². The van der Waals surface area contributed by atoms with Crippen LogP contribution in [-0.4, -0.2) is 9.97 Å². The van der Waals surface area contributed by atoms with Gasteiger partial charge in [-0.2, -0.15) is 0 Å². The van der Waals surface area contributed by atoms with E-state index in [0.29, 0.717) is 0 Å². The molecule has 0 aliphatic carbocycles. The summed E-state index contributed by atoms with van der Waals surface area (Å²) in [5.74, 6) is 0.922. The number of hydrogen-bond donors (Lipinski definition) is 1. The zero-order chi connectivity index (χ0) is 7.52. The zero-order valence-corrected chi connectivity index (χ0v) is 8.72. The number of aromatic nitrogens is 2. The van der Waals surface area contributed by atoms with Crippen molar-refractivity contribution in [3.05, 3.63) is 42.7 Å². The van der Waals surface area contributed by atoms with Gasteiger partial charge in [-0.1, -0.05) is 30.3 Å². The molecule has 0 radical (unpaired) electrons.